The van der Waals surface area contributed by atoms with E-state index in [1.54, 1.807) is 17.4 Å². The van der Waals surface area contributed by atoms with Crippen molar-refractivity contribution in [3.63, 3.8) is 0 Å². The monoisotopic (exact) mass is 253 g/mol. The normalized spacial score (nSPS) is 10.7. The first kappa shape index (κ1) is 11.1. The number of pyridine rings is 1. The molecule has 0 fully saturated rings. The van der Waals surface area contributed by atoms with E-state index in [9.17, 15) is 4.79 Å². The van der Waals surface area contributed by atoms with E-state index in [0.29, 0.717) is 12.1 Å². The van der Waals surface area contributed by atoms with Crippen LogP contribution in [0.3, 0.4) is 0 Å². The van der Waals surface area contributed by atoms with Crippen molar-refractivity contribution in [3.8, 4) is 0 Å². The Kier molecular flexibility index (Phi) is 2.90. The number of hydrogen-bond donors (Lipinski definition) is 0. The molecule has 0 aliphatic rings. The zero-order chi connectivity index (χ0) is 12.4. The quantitative estimate of drug-likeness (QED) is 0.666. The molecule has 2 aromatic heterocycles. The number of para-hydroxylation sites is 1. The van der Waals surface area contributed by atoms with E-state index in [4.69, 9.17) is 0 Å². The van der Waals surface area contributed by atoms with Gasteiger partial charge < -0.3 is 0 Å². The molecule has 0 N–H and O–H groups in total. The number of Topliss-reactive ketones (excluding diaryl/α,β-unsaturated/α-hetero) is 1. The Labute approximate surface area is 109 Å². The maximum absolute atomic E-state index is 12.1. The second-order valence-corrected chi connectivity index (χ2v) is 5.10. The van der Waals surface area contributed by atoms with Crippen LogP contribution in [0.25, 0.3) is 10.9 Å². The van der Waals surface area contributed by atoms with Crippen LogP contribution in [0.5, 0.6) is 0 Å². The molecule has 2 nitrogen and oxygen atoms in total. The van der Waals surface area contributed by atoms with Crippen molar-refractivity contribution < 1.29 is 4.79 Å². The van der Waals surface area contributed by atoms with Crippen LogP contribution in [0.4, 0.5) is 0 Å². The fraction of sp³-hybridized carbons (Fsp3) is 0.0667. The van der Waals surface area contributed by atoms with Gasteiger partial charge in [-0.15, -0.1) is 11.3 Å². The Morgan fingerprint density at radius 1 is 1.06 bits per heavy atom. The molecule has 0 aliphatic heterocycles. The highest BCUT2D eigenvalue weighted by Crippen LogP contribution is 2.15. The summed E-state index contributed by atoms with van der Waals surface area (Å²) in [4.78, 5) is 17.6. The van der Waals surface area contributed by atoms with Gasteiger partial charge in [-0.3, -0.25) is 4.79 Å². The number of benzene rings is 1. The van der Waals surface area contributed by atoms with E-state index >= 15 is 0 Å². The number of ketones is 1. The van der Waals surface area contributed by atoms with E-state index in [1.165, 1.54) is 0 Å². The summed E-state index contributed by atoms with van der Waals surface area (Å²) in [7, 11) is 0. The molecule has 0 saturated heterocycles. The minimum absolute atomic E-state index is 0.0724. The molecule has 18 heavy (non-hydrogen) atoms. The number of nitrogens with zero attached hydrogens (tertiary/aromatic N) is 1. The molecule has 0 saturated carbocycles. The third-order valence-corrected chi connectivity index (χ3v) is 3.68. The van der Waals surface area contributed by atoms with Crippen LogP contribution in [-0.2, 0) is 6.42 Å². The lowest BCUT2D eigenvalue weighted by atomic mass is 10.1. The number of carbonyl (C=O) groups is 1. The van der Waals surface area contributed by atoms with Gasteiger partial charge in [-0.25, -0.2) is 4.98 Å². The van der Waals surface area contributed by atoms with E-state index in [0.717, 1.165) is 15.8 Å². The third kappa shape index (κ3) is 2.17. The summed E-state index contributed by atoms with van der Waals surface area (Å²) in [6.07, 6.45) is 0.434. The summed E-state index contributed by atoms with van der Waals surface area (Å²) in [5, 5.41) is 3.04. The molecule has 0 aliphatic carbocycles. The van der Waals surface area contributed by atoms with Crippen LogP contribution < -0.4 is 0 Å². The van der Waals surface area contributed by atoms with Crippen molar-refractivity contribution in [2.24, 2.45) is 0 Å². The van der Waals surface area contributed by atoms with E-state index in [1.807, 2.05) is 47.8 Å². The second-order valence-electron chi connectivity index (χ2n) is 4.07. The van der Waals surface area contributed by atoms with Gasteiger partial charge in [0.25, 0.3) is 0 Å². The van der Waals surface area contributed by atoms with Crippen LogP contribution in [0, 0.1) is 0 Å². The fourth-order valence-corrected chi connectivity index (χ4v) is 2.59. The molecule has 0 bridgehead atoms. The lowest BCUT2D eigenvalue weighted by Crippen LogP contribution is -2.04. The highest BCUT2D eigenvalue weighted by Gasteiger charge is 2.09. The topological polar surface area (TPSA) is 30.0 Å². The Hall–Kier alpha value is -2.00. The fourth-order valence-electron chi connectivity index (χ4n) is 1.88. The van der Waals surface area contributed by atoms with Crippen LogP contribution >= 0.6 is 11.3 Å². The molecule has 0 spiro atoms. The van der Waals surface area contributed by atoms with Crippen LogP contribution in [0.1, 0.15) is 15.4 Å². The van der Waals surface area contributed by atoms with Crippen molar-refractivity contribution >= 4 is 28.0 Å². The van der Waals surface area contributed by atoms with E-state index in [2.05, 4.69) is 4.98 Å². The first-order valence-electron chi connectivity index (χ1n) is 5.74. The van der Waals surface area contributed by atoms with Crippen molar-refractivity contribution in [1.82, 2.24) is 4.98 Å². The summed E-state index contributed by atoms with van der Waals surface area (Å²) >= 11 is 1.60. The van der Waals surface area contributed by atoms with Crippen molar-refractivity contribution in [2.45, 2.75) is 6.42 Å². The molecule has 0 unspecified atom stereocenters. The Bertz CT molecular complexity index is 689. The van der Waals surface area contributed by atoms with Gasteiger partial charge in [-0.2, -0.15) is 0 Å². The second kappa shape index (κ2) is 4.70. The molecule has 0 radical (unpaired) electrons. The molecule has 0 atom stereocenters. The third-order valence-electron chi connectivity index (χ3n) is 2.80. The molecule has 0 amide bonds. The maximum atomic E-state index is 12.1. The summed E-state index contributed by atoms with van der Waals surface area (Å²) < 4.78 is 0. The van der Waals surface area contributed by atoms with Gasteiger partial charge in [-0.05, 0) is 23.6 Å². The van der Waals surface area contributed by atoms with Crippen molar-refractivity contribution in [1.29, 1.82) is 0 Å². The predicted octanol–water partition coefficient (Wildman–Crippen LogP) is 3.72. The highest BCUT2D eigenvalue weighted by atomic mass is 32.1. The number of fused-ring (bicyclic) bond motifs is 1. The zero-order valence-electron chi connectivity index (χ0n) is 9.67. The van der Waals surface area contributed by atoms with Gasteiger partial charge in [-0.1, -0.05) is 30.3 Å². The number of rotatable bonds is 3. The van der Waals surface area contributed by atoms with Gasteiger partial charge in [0, 0.05) is 16.7 Å². The molecular weight excluding hydrogens is 242 g/mol. The standard InChI is InChI=1S/C15H11NOS/c17-15(10-12-5-3-9-18-12)14-8-7-11-4-1-2-6-13(11)16-14/h1-9H,10H2. The van der Waals surface area contributed by atoms with E-state index < -0.39 is 0 Å². The lowest BCUT2D eigenvalue weighted by Gasteiger charge is -2.01. The minimum atomic E-state index is 0.0724. The van der Waals surface area contributed by atoms with Gasteiger partial charge >= 0.3 is 0 Å². The average Bonchev–Trinajstić information content (AvgIpc) is 2.91. The lowest BCUT2D eigenvalue weighted by molar-refractivity contribution is 0.0989. The summed E-state index contributed by atoms with van der Waals surface area (Å²) in [5.74, 6) is 0.0724. The molecule has 2 heterocycles. The van der Waals surface area contributed by atoms with Crippen molar-refractivity contribution in [3.05, 3.63) is 64.5 Å². The van der Waals surface area contributed by atoms with Gasteiger partial charge in [0.15, 0.2) is 5.78 Å². The zero-order valence-corrected chi connectivity index (χ0v) is 10.5. The molecule has 1 aromatic carbocycles. The number of carbonyl (C=O) groups excluding carboxylic acids is 1. The van der Waals surface area contributed by atoms with Gasteiger partial charge in [0.05, 0.1) is 5.52 Å². The highest BCUT2D eigenvalue weighted by molar-refractivity contribution is 7.10. The summed E-state index contributed by atoms with van der Waals surface area (Å²) in [6, 6.07) is 15.5. The largest absolute Gasteiger partial charge is 0.292 e. The molecule has 88 valence electrons. The average molecular weight is 253 g/mol. The van der Waals surface area contributed by atoms with Gasteiger partial charge in [0.1, 0.15) is 5.69 Å². The van der Waals surface area contributed by atoms with Gasteiger partial charge in [0.2, 0.25) is 0 Å². The number of aromatic nitrogens is 1. The summed E-state index contributed by atoms with van der Waals surface area (Å²) in [6.45, 7) is 0. The Balaban J connectivity index is 1.92. The van der Waals surface area contributed by atoms with Crippen molar-refractivity contribution in [2.75, 3.05) is 0 Å². The van der Waals surface area contributed by atoms with Crippen LogP contribution in [-0.4, -0.2) is 10.8 Å². The molecule has 3 aromatic rings. The molecule has 3 heteroatoms. The Morgan fingerprint density at radius 2 is 1.94 bits per heavy atom. The van der Waals surface area contributed by atoms with Crippen LogP contribution in [0.15, 0.2) is 53.9 Å². The smallest absolute Gasteiger partial charge is 0.186 e. The molecule has 3 rings (SSSR count). The first-order chi connectivity index (χ1) is 8.83. The maximum Gasteiger partial charge on any atom is 0.186 e. The molecular formula is C15H11NOS. The van der Waals surface area contributed by atoms with E-state index in [-0.39, 0.29) is 5.78 Å². The minimum Gasteiger partial charge on any atom is -0.292 e. The number of thiophene rings is 1. The predicted molar refractivity (Wildman–Crippen MR) is 74.1 cm³/mol. The Morgan fingerprint density at radius 3 is 2.78 bits per heavy atom. The number of hydrogen-bond acceptors (Lipinski definition) is 3. The SMILES string of the molecule is O=C(Cc1cccs1)c1ccc2ccccc2n1. The first-order valence-corrected chi connectivity index (χ1v) is 6.62. The summed E-state index contributed by atoms with van der Waals surface area (Å²) in [5.41, 5.74) is 1.41. The van der Waals surface area contributed by atoms with Crippen LogP contribution in [0.2, 0.25) is 0 Å².